The summed E-state index contributed by atoms with van der Waals surface area (Å²) in [5, 5.41) is 40.1. The first-order valence-corrected chi connectivity index (χ1v) is 11.1. The van der Waals surface area contributed by atoms with Crippen molar-refractivity contribution in [3.05, 3.63) is 35.1 Å². The zero-order valence-electron chi connectivity index (χ0n) is 35.7. The molecule has 5 rings (SSSR count). The van der Waals surface area contributed by atoms with Gasteiger partial charge in [-0.3, -0.25) is 0 Å². The summed E-state index contributed by atoms with van der Waals surface area (Å²) in [7, 11) is 0. The quantitative estimate of drug-likeness (QED) is 0.226. The summed E-state index contributed by atoms with van der Waals surface area (Å²) in [4.78, 5) is 7.94. The molecule has 2 saturated carbocycles. The molecule has 2 heterocycles. The molecule has 0 saturated heterocycles. The molecule has 10 nitrogen and oxygen atoms in total. The molecule has 12 heteroatoms. The van der Waals surface area contributed by atoms with Gasteiger partial charge in [0.25, 0.3) is 0 Å². The van der Waals surface area contributed by atoms with E-state index in [1.165, 1.54) is 0 Å². The second-order valence-corrected chi connectivity index (χ2v) is 8.02. The van der Waals surface area contributed by atoms with Crippen LogP contribution >= 0.6 is 11.8 Å². The third-order valence-electron chi connectivity index (χ3n) is 4.84. The minimum Gasteiger partial charge on any atom is -0.394 e. The lowest BCUT2D eigenvalue weighted by Gasteiger charge is -2.17. The van der Waals surface area contributed by atoms with Crippen LogP contribution in [0.3, 0.4) is 0 Å². The van der Waals surface area contributed by atoms with Gasteiger partial charge in [0.1, 0.15) is 18.0 Å². The van der Waals surface area contributed by atoms with E-state index >= 15 is 0 Å². The number of fused-ring (bicyclic) bond motifs is 1. The highest BCUT2D eigenvalue weighted by atomic mass is 32.2. The number of aliphatic hydroxyl groups is 3. The van der Waals surface area contributed by atoms with Gasteiger partial charge in [0.05, 0.1) is 36.3 Å². The van der Waals surface area contributed by atoms with Crippen molar-refractivity contribution in [2.24, 2.45) is 0 Å². The number of nitrogens with one attached hydrogen (secondary N) is 1. The smallest absolute Gasteiger partial charge is 0.191 e. The monoisotopic (exact) mass is 535 g/mol. The number of hydrogen-bond donors (Lipinski definition) is 4. The molecule has 4 N–H and O–H groups in total. The summed E-state index contributed by atoms with van der Waals surface area (Å²) >= 11 is -0.0504. The van der Waals surface area contributed by atoms with Crippen LogP contribution in [-0.4, -0.2) is 83.5 Å². The Morgan fingerprint density at radius 1 is 1.36 bits per heavy atom. The number of rotatable bonds is 10. The number of anilines is 1. The molecule has 2 aromatic heterocycles. The van der Waals surface area contributed by atoms with E-state index in [0.717, 1.165) is 13.8 Å². The fourth-order valence-corrected chi connectivity index (χ4v) is 3.55. The van der Waals surface area contributed by atoms with Crippen molar-refractivity contribution in [1.82, 2.24) is 25.0 Å². The molecular formula is C24H31FN6O4S. The summed E-state index contributed by atoms with van der Waals surface area (Å²) in [5.74, 6) is -5.31. The maximum Gasteiger partial charge on any atom is 0.191 e. The number of aromatic nitrogens is 5. The summed E-state index contributed by atoms with van der Waals surface area (Å²) in [6, 6.07) is -9.85. The van der Waals surface area contributed by atoms with Crippen molar-refractivity contribution in [3.8, 4) is 0 Å². The molecule has 6 atom stereocenters. The Kier molecular flexibility index (Phi) is 3.51. The number of ether oxygens (including phenoxy) is 1. The largest absolute Gasteiger partial charge is 0.394 e. The lowest BCUT2D eigenvalue weighted by Crippen LogP contribution is -2.33. The third-order valence-corrected chi connectivity index (χ3v) is 5.51. The number of halogens is 1. The van der Waals surface area contributed by atoms with Gasteiger partial charge in [-0.05, 0) is 36.8 Å². The number of aliphatic hydroxyl groups excluding tert-OH is 1. The molecule has 2 aliphatic carbocycles. The average Bonchev–Trinajstić information content (AvgIpc) is 3.31. The molecule has 194 valence electrons. The van der Waals surface area contributed by atoms with Gasteiger partial charge in [-0.25, -0.2) is 19.0 Å². The first-order chi connectivity index (χ1) is 23.7. The molecule has 0 unspecified atom stereocenters. The number of hydrogen-bond acceptors (Lipinski definition) is 10. The van der Waals surface area contributed by atoms with Crippen LogP contribution in [0.2, 0.25) is 0 Å². The molecule has 0 spiro atoms. The number of nitrogens with zero attached hydrogens (tertiary/aromatic N) is 5. The van der Waals surface area contributed by atoms with Gasteiger partial charge in [-0.15, -0.1) is 5.10 Å². The molecule has 2 aliphatic rings. The van der Waals surface area contributed by atoms with E-state index < -0.39 is 131 Å². The highest BCUT2D eigenvalue weighted by molar-refractivity contribution is 7.99. The van der Waals surface area contributed by atoms with Crippen molar-refractivity contribution < 1.29 is 47.7 Å². The van der Waals surface area contributed by atoms with Gasteiger partial charge in [-0.1, -0.05) is 36.0 Å². The maximum atomic E-state index is 15.0. The Bertz CT molecular complexity index is 1990. The van der Waals surface area contributed by atoms with Gasteiger partial charge < -0.3 is 25.4 Å². The van der Waals surface area contributed by atoms with Gasteiger partial charge >= 0.3 is 0 Å². The molecule has 0 aliphatic heterocycles. The first kappa shape index (κ1) is 12.0. The van der Waals surface area contributed by atoms with E-state index in [1.54, 1.807) is 0 Å². The van der Waals surface area contributed by atoms with Crippen LogP contribution in [0, 0.1) is 12.7 Å². The highest BCUT2D eigenvalue weighted by Gasteiger charge is 2.45. The van der Waals surface area contributed by atoms with Crippen LogP contribution in [0.25, 0.3) is 11.2 Å². The van der Waals surface area contributed by atoms with Crippen molar-refractivity contribution >= 4 is 28.7 Å². The molecule has 0 amide bonds. The van der Waals surface area contributed by atoms with Crippen molar-refractivity contribution in [2.75, 3.05) is 24.2 Å². The summed E-state index contributed by atoms with van der Waals surface area (Å²) < 4.78 is 164. The third kappa shape index (κ3) is 4.92. The predicted molar refractivity (Wildman–Crippen MR) is 133 cm³/mol. The lowest BCUT2D eigenvalue weighted by atomic mass is 10.1. The van der Waals surface area contributed by atoms with Crippen LogP contribution in [0.1, 0.15) is 72.4 Å². The van der Waals surface area contributed by atoms with Crippen LogP contribution in [0.5, 0.6) is 0 Å². The van der Waals surface area contributed by atoms with E-state index in [0.29, 0.717) is 0 Å². The SMILES string of the molecule is [2H]c1c([2H])c([C@]2([2H])C([2H])([2H])[C@@]2([2H])Nc2nc(SC([2H])([2H])C([2H])([2H])C)nc3c2nnn3[C@]2([2H])C([2H])([2H])[C@]([2H])(OCCO)[C@@]([2H])(O)[C@@]2([2H])O)c([2H])c(F)c1C. The zero-order valence-corrected chi connectivity index (χ0v) is 19.5. The normalized spacial score (nSPS) is 50.3. The average molecular weight is 536 g/mol. The minimum absolute atomic E-state index is 0.00183. The van der Waals surface area contributed by atoms with Gasteiger partial charge in [0.15, 0.2) is 22.1 Å². The van der Waals surface area contributed by atoms with Gasteiger partial charge in [0.2, 0.25) is 0 Å². The summed E-state index contributed by atoms with van der Waals surface area (Å²) in [6.45, 7) is 0.0791. The Balaban J connectivity index is 1.79. The van der Waals surface area contributed by atoms with Crippen molar-refractivity contribution in [3.63, 3.8) is 0 Å². The Morgan fingerprint density at radius 2 is 2.19 bits per heavy atom. The fourth-order valence-electron chi connectivity index (χ4n) is 3.09. The van der Waals surface area contributed by atoms with E-state index in [2.05, 4.69) is 25.6 Å². The number of thioether (sulfide) groups is 1. The van der Waals surface area contributed by atoms with Gasteiger partial charge in [-0.2, -0.15) is 0 Å². The molecular weight excluding hydrogens is 487 g/mol. The predicted octanol–water partition coefficient (Wildman–Crippen LogP) is 2.18. The molecule has 0 radical (unpaired) electrons. The number of benzene rings is 1. The lowest BCUT2D eigenvalue weighted by molar-refractivity contribution is -0.0629. The van der Waals surface area contributed by atoms with Crippen LogP contribution in [-0.2, 0) is 4.74 Å². The van der Waals surface area contributed by atoms with Crippen LogP contribution in [0.15, 0.2) is 23.3 Å². The Labute approximate surface area is 236 Å². The Morgan fingerprint density at radius 3 is 2.97 bits per heavy atom. The molecule has 0 bridgehead atoms. The second kappa shape index (κ2) is 10.5. The van der Waals surface area contributed by atoms with E-state index in [1.807, 2.05) is 0 Å². The zero-order chi connectivity index (χ0) is 40.7. The summed E-state index contributed by atoms with van der Waals surface area (Å²) in [6.07, 6.45) is -21.6. The second-order valence-electron chi connectivity index (χ2n) is 7.24. The van der Waals surface area contributed by atoms with Crippen LogP contribution in [0.4, 0.5) is 10.2 Å². The van der Waals surface area contributed by atoms with Gasteiger partial charge in [0, 0.05) is 36.3 Å². The highest BCUT2D eigenvalue weighted by Crippen LogP contribution is 2.44. The van der Waals surface area contributed by atoms with E-state index in [4.69, 9.17) is 28.0 Å². The maximum absolute atomic E-state index is 15.0. The standard InChI is InChI=1S/C24H31FN6O4S/c1-3-8-36-24-27-22(26-16-10-14(16)13-5-4-12(2)15(25)9-13)19-23(28-24)31(30-29-19)17-11-18(35-7-6-32)21(34)20(17)33/h4-5,9,14,16-18,20-21,32-34H,3,6-8,10-11H2,1-2H3,(H,26,27,28)/t14-,16+,17+,18-,20-,21+/m0/s1/i3D2,4D,5D,8D2,9D,10D2,11D2,14D,16D,17D,18D,20D,21D. The van der Waals surface area contributed by atoms with Crippen LogP contribution < -0.4 is 5.32 Å². The topological polar surface area (TPSA) is 138 Å². The fraction of sp³-hybridized carbons (Fsp3) is 0.583. The Hall–Kier alpha value is -2.38. The summed E-state index contributed by atoms with van der Waals surface area (Å²) in [5.41, 5.74) is -6.17. The first-order valence-electron chi connectivity index (χ1n) is 18.8. The van der Waals surface area contributed by atoms with E-state index in [-0.39, 0.29) is 16.4 Å². The molecule has 3 aromatic rings. The van der Waals surface area contributed by atoms with Crippen molar-refractivity contribution in [1.29, 1.82) is 0 Å². The molecule has 2 fully saturated rings. The van der Waals surface area contributed by atoms with E-state index in [9.17, 15) is 19.7 Å². The minimum atomic E-state index is -4.14. The molecule has 1 aromatic carbocycles. The van der Waals surface area contributed by atoms with Crippen molar-refractivity contribution in [2.45, 2.75) is 74.3 Å². The molecule has 36 heavy (non-hydrogen) atoms.